The smallest absolute Gasteiger partial charge is 0.229 e. The summed E-state index contributed by atoms with van der Waals surface area (Å²) in [5.74, 6) is -0.155. The first-order chi connectivity index (χ1) is 11.0. The third-order valence-corrected chi connectivity index (χ3v) is 3.53. The third-order valence-electron chi connectivity index (χ3n) is 3.53. The maximum atomic E-state index is 13.1. The third kappa shape index (κ3) is 3.51. The van der Waals surface area contributed by atoms with Gasteiger partial charge in [-0.2, -0.15) is 0 Å². The van der Waals surface area contributed by atoms with E-state index in [4.69, 9.17) is 0 Å². The highest BCUT2D eigenvalue weighted by atomic mass is 19.1. The lowest BCUT2D eigenvalue weighted by atomic mass is 10.1. The van der Waals surface area contributed by atoms with Crippen molar-refractivity contribution in [3.63, 3.8) is 0 Å². The second-order valence-corrected chi connectivity index (χ2v) is 5.50. The minimum Gasteiger partial charge on any atom is -0.310 e. The molecule has 0 aliphatic rings. The molecule has 5 heteroatoms. The van der Waals surface area contributed by atoms with Crippen molar-refractivity contribution in [3.05, 3.63) is 65.1 Å². The van der Waals surface area contributed by atoms with Crippen LogP contribution >= 0.6 is 0 Å². The van der Waals surface area contributed by atoms with E-state index in [1.807, 2.05) is 26.0 Å². The number of carbonyl (C=O) groups is 1. The number of pyridine rings is 2. The summed E-state index contributed by atoms with van der Waals surface area (Å²) in [7, 11) is 0. The van der Waals surface area contributed by atoms with E-state index < -0.39 is 0 Å². The summed E-state index contributed by atoms with van der Waals surface area (Å²) in [5, 5.41) is 3.69. The van der Waals surface area contributed by atoms with Crippen molar-refractivity contribution in [2.45, 2.75) is 20.3 Å². The first-order valence-corrected chi connectivity index (χ1v) is 7.30. The molecule has 3 rings (SSSR count). The molecule has 1 N–H and O–H groups in total. The number of nitrogens with zero attached hydrogens (tertiary/aromatic N) is 2. The Balaban J connectivity index is 1.79. The molecule has 0 saturated carbocycles. The number of anilines is 1. The van der Waals surface area contributed by atoms with Crippen LogP contribution in [0.2, 0.25) is 0 Å². The van der Waals surface area contributed by atoms with E-state index >= 15 is 0 Å². The lowest BCUT2D eigenvalue weighted by Crippen LogP contribution is -2.15. The molecule has 0 radical (unpaired) electrons. The van der Waals surface area contributed by atoms with Gasteiger partial charge in [0, 0.05) is 11.1 Å². The average molecular weight is 309 g/mol. The molecular formula is C18H16FN3O. The van der Waals surface area contributed by atoms with Crippen LogP contribution in [0.15, 0.2) is 42.5 Å². The predicted octanol–water partition coefficient (Wildman–Crippen LogP) is 3.57. The van der Waals surface area contributed by atoms with Gasteiger partial charge in [0.05, 0.1) is 6.42 Å². The van der Waals surface area contributed by atoms with Crippen LogP contribution in [-0.2, 0) is 11.2 Å². The Bertz CT molecular complexity index is 893. The summed E-state index contributed by atoms with van der Waals surface area (Å²) >= 11 is 0. The second-order valence-electron chi connectivity index (χ2n) is 5.50. The molecule has 116 valence electrons. The Hall–Kier alpha value is -2.82. The topological polar surface area (TPSA) is 54.9 Å². The Morgan fingerprint density at radius 2 is 1.96 bits per heavy atom. The fourth-order valence-electron chi connectivity index (χ4n) is 2.52. The van der Waals surface area contributed by atoms with E-state index in [0.717, 1.165) is 16.6 Å². The van der Waals surface area contributed by atoms with E-state index in [1.54, 1.807) is 18.2 Å². The van der Waals surface area contributed by atoms with Gasteiger partial charge in [-0.25, -0.2) is 14.4 Å². The normalized spacial score (nSPS) is 10.7. The van der Waals surface area contributed by atoms with Gasteiger partial charge in [0.1, 0.15) is 11.6 Å². The largest absolute Gasteiger partial charge is 0.310 e. The standard InChI is InChI=1S/C18H16FN3O/c1-11-8-12(2)20-18-15(11)6-7-16(22-18)21-17(23)10-13-4-3-5-14(19)9-13/h3-9H,10H2,1-2H3,(H,20,21,22,23). The average Bonchev–Trinajstić information content (AvgIpc) is 2.46. The molecule has 1 amide bonds. The Morgan fingerprint density at radius 1 is 1.13 bits per heavy atom. The summed E-state index contributed by atoms with van der Waals surface area (Å²) in [5.41, 5.74) is 3.20. The second kappa shape index (κ2) is 6.12. The number of nitrogens with one attached hydrogen (secondary N) is 1. The highest BCUT2D eigenvalue weighted by molar-refractivity contribution is 5.92. The molecule has 2 aromatic heterocycles. The summed E-state index contributed by atoms with van der Waals surface area (Å²) in [6.07, 6.45) is 0.0950. The van der Waals surface area contributed by atoms with E-state index in [2.05, 4.69) is 15.3 Å². The minimum atomic E-state index is -0.353. The quantitative estimate of drug-likeness (QED) is 0.804. The number of halogens is 1. The Morgan fingerprint density at radius 3 is 2.74 bits per heavy atom. The van der Waals surface area contributed by atoms with Gasteiger partial charge >= 0.3 is 0 Å². The number of carbonyl (C=O) groups excluding carboxylic acids is 1. The number of fused-ring (bicyclic) bond motifs is 1. The van der Waals surface area contributed by atoms with Gasteiger partial charge in [0.25, 0.3) is 0 Å². The SMILES string of the molecule is Cc1cc(C)c2ccc(NC(=O)Cc3cccc(F)c3)nc2n1. The zero-order chi connectivity index (χ0) is 16.4. The maximum absolute atomic E-state index is 13.1. The zero-order valence-electron chi connectivity index (χ0n) is 12.9. The Labute approximate surface area is 133 Å². The lowest BCUT2D eigenvalue weighted by molar-refractivity contribution is -0.115. The molecule has 0 saturated heterocycles. The molecule has 0 atom stereocenters. The van der Waals surface area contributed by atoms with Crippen molar-refractivity contribution in [2.75, 3.05) is 5.32 Å². The minimum absolute atomic E-state index is 0.0950. The van der Waals surface area contributed by atoms with Crippen molar-refractivity contribution < 1.29 is 9.18 Å². The van der Waals surface area contributed by atoms with Gasteiger partial charge in [-0.05, 0) is 55.3 Å². The maximum Gasteiger partial charge on any atom is 0.229 e. The van der Waals surface area contributed by atoms with Gasteiger partial charge < -0.3 is 5.32 Å². The molecule has 0 aliphatic carbocycles. The summed E-state index contributed by atoms with van der Waals surface area (Å²) < 4.78 is 13.1. The molecular weight excluding hydrogens is 293 g/mol. The van der Waals surface area contributed by atoms with Gasteiger partial charge in [-0.3, -0.25) is 4.79 Å². The number of benzene rings is 1. The molecule has 23 heavy (non-hydrogen) atoms. The van der Waals surface area contributed by atoms with Gasteiger partial charge in [0.2, 0.25) is 5.91 Å². The van der Waals surface area contributed by atoms with Crippen molar-refractivity contribution in [1.82, 2.24) is 9.97 Å². The number of aryl methyl sites for hydroxylation is 2. The molecule has 0 spiro atoms. The highest BCUT2D eigenvalue weighted by Crippen LogP contribution is 2.18. The number of hydrogen-bond donors (Lipinski definition) is 1. The van der Waals surface area contributed by atoms with Crippen molar-refractivity contribution in [3.8, 4) is 0 Å². The first kappa shape index (κ1) is 15.1. The van der Waals surface area contributed by atoms with Gasteiger partial charge in [-0.15, -0.1) is 0 Å². The summed E-state index contributed by atoms with van der Waals surface area (Å²) in [6, 6.07) is 11.6. The highest BCUT2D eigenvalue weighted by Gasteiger charge is 2.08. The van der Waals surface area contributed by atoms with Crippen molar-refractivity contribution in [1.29, 1.82) is 0 Å². The molecule has 0 unspecified atom stereocenters. The molecule has 1 aromatic carbocycles. The molecule has 0 fully saturated rings. The van der Waals surface area contributed by atoms with Crippen LogP contribution < -0.4 is 5.32 Å². The van der Waals surface area contributed by atoms with E-state index in [9.17, 15) is 9.18 Å². The van der Waals surface area contributed by atoms with Crippen LogP contribution in [-0.4, -0.2) is 15.9 Å². The fraction of sp³-hybridized carbons (Fsp3) is 0.167. The molecule has 4 nitrogen and oxygen atoms in total. The van der Waals surface area contributed by atoms with Crippen LogP contribution in [0.4, 0.5) is 10.2 Å². The summed E-state index contributed by atoms with van der Waals surface area (Å²) in [4.78, 5) is 20.8. The van der Waals surface area contributed by atoms with Gasteiger partial charge in [0.15, 0.2) is 5.65 Å². The molecule has 3 aromatic rings. The first-order valence-electron chi connectivity index (χ1n) is 7.30. The van der Waals surface area contributed by atoms with Crippen LogP contribution in [0.1, 0.15) is 16.8 Å². The Kier molecular flexibility index (Phi) is 4.02. The van der Waals surface area contributed by atoms with E-state index in [0.29, 0.717) is 17.0 Å². The summed E-state index contributed by atoms with van der Waals surface area (Å²) in [6.45, 7) is 3.91. The van der Waals surface area contributed by atoms with E-state index in [1.165, 1.54) is 12.1 Å². The zero-order valence-corrected chi connectivity index (χ0v) is 12.9. The van der Waals surface area contributed by atoms with Crippen LogP contribution in [0.3, 0.4) is 0 Å². The molecule has 0 aliphatic heterocycles. The number of rotatable bonds is 3. The van der Waals surface area contributed by atoms with E-state index in [-0.39, 0.29) is 18.1 Å². The van der Waals surface area contributed by atoms with Crippen LogP contribution in [0, 0.1) is 19.7 Å². The van der Waals surface area contributed by atoms with Crippen molar-refractivity contribution in [2.24, 2.45) is 0 Å². The monoisotopic (exact) mass is 309 g/mol. The van der Waals surface area contributed by atoms with Crippen molar-refractivity contribution >= 4 is 22.8 Å². The van der Waals surface area contributed by atoms with Crippen LogP contribution in [0.25, 0.3) is 11.0 Å². The fourth-order valence-corrected chi connectivity index (χ4v) is 2.52. The number of amides is 1. The lowest BCUT2D eigenvalue weighted by Gasteiger charge is -2.07. The number of aromatic nitrogens is 2. The number of hydrogen-bond acceptors (Lipinski definition) is 3. The molecule has 0 bridgehead atoms. The molecule has 2 heterocycles. The van der Waals surface area contributed by atoms with Gasteiger partial charge in [-0.1, -0.05) is 12.1 Å². The predicted molar refractivity (Wildman–Crippen MR) is 87.7 cm³/mol. The van der Waals surface area contributed by atoms with Crippen LogP contribution in [0.5, 0.6) is 0 Å².